The van der Waals surface area contributed by atoms with E-state index >= 15 is 0 Å². The van der Waals surface area contributed by atoms with Crippen molar-refractivity contribution in [3.05, 3.63) is 33.9 Å². The van der Waals surface area contributed by atoms with Gasteiger partial charge in [0.2, 0.25) is 0 Å². The summed E-state index contributed by atoms with van der Waals surface area (Å²) in [7, 11) is 0. The lowest BCUT2D eigenvalue weighted by Crippen LogP contribution is -2.48. The molecular formula is C13H16N2O5. The van der Waals surface area contributed by atoms with Gasteiger partial charge in [0.05, 0.1) is 17.1 Å². The highest BCUT2D eigenvalue weighted by atomic mass is 16.6. The van der Waals surface area contributed by atoms with Crippen molar-refractivity contribution in [1.29, 1.82) is 0 Å². The third kappa shape index (κ3) is 2.88. The van der Waals surface area contributed by atoms with Crippen LogP contribution >= 0.6 is 0 Å². The van der Waals surface area contributed by atoms with E-state index in [2.05, 4.69) is 0 Å². The van der Waals surface area contributed by atoms with Crippen LogP contribution in [0.4, 0.5) is 5.69 Å². The van der Waals surface area contributed by atoms with Gasteiger partial charge in [0, 0.05) is 19.2 Å². The maximum Gasteiger partial charge on any atom is 0.282 e. The Labute approximate surface area is 115 Å². The number of morpholine rings is 1. The fourth-order valence-electron chi connectivity index (χ4n) is 2.37. The molecule has 0 saturated carbocycles. The fourth-order valence-corrected chi connectivity index (χ4v) is 2.37. The number of amides is 1. The first-order valence-electron chi connectivity index (χ1n) is 6.30. The predicted molar refractivity (Wildman–Crippen MR) is 70.7 cm³/mol. The van der Waals surface area contributed by atoms with Crippen molar-refractivity contribution in [1.82, 2.24) is 4.90 Å². The molecule has 2 rings (SSSR count). The van der Waals surface area contributed by atoms with Crippen molar-refractivity contribution in [3.63, 3.8) is 0 Å². The summed E-state index contributed by atoms with van der Waals surface area (Å²) in [6.45, 7) is 4.42. The Hall–Kier alpha value is -2.15. The number of nitro groups is 1. The second-order valence-electron chi connectivity index (χ2n) is 4.93. The number of ether oxygens (including phenoxy) is 1. The summed E-state index contributed by atoms with van der Waals surface area (Å²) >= 11 is 0. The van der Waals surface area contributed by atoms with Gasteiger partial charge in [0.1, 0.15) is 11.3 Å². The highest BCUT2D eigenvalue weighted by Gasteiger charge is 2.30. The van der Waals surface area contributed by atoms with Crippen molar-refractivity contribution in [3.8, 4) is 5.75 Å². The number of rotatable bonds is 2. The number of nitrogens with zero attached hydrogens (tertiary/aromatic N) is 2. The van der Waals surface area contributed by atoms with Crippen molar-refractivity contribution in [2.75, 3.05) is 13.1 Å². The molecule has 1 aromatic rings. The lowest BCUT2D eigenvalue weighted by molar-refractivity contribution is -0.385. The molecule has 7 nitrogen and oxygen atoms in total. The first-order chi connectivity index (χ1) is 9.38. The van der Waals surface area contributed by atoms with Crippen LogP contribution in [0.15, 0.2) is 18.2 Å². The molecular weight excluding hydrogens is 264 g/mol. The molecule has 1 aromatic carbocycles. The van der Waals surface area contributed by atoms with E-state index in [1.54, 1.807) is 0 Å². The van der Waals surface area contributed by atoms with Gasteiger partial charge in [0.15, 0.2) is 0 Å². The van der Waals surface area contributed by atoms with E-state index in [0.717, 1.165) is 12.1 Å². The Morgan fingerprint density at radius 1 is 1.40 bits per heavy atom. The number of phenolic OH excluding ortho intramolecular Hbond substituents is 1. The molecule has 0 aromatic heterocycles. The van der Waals surface area contributed by atoms with Gasteiger partial charge in [-0.2, -0.15) is 0 Å². The van der Waals surface area contributed by atoms with Crippen LogP contribution in [0.2, 0.25) is 0 Å². The number of benzene rings is 1. The van der Waals surface area contributed by atoms with E-state index in [4.69, 9.17) is 4.74 Å². The maximum atomic E-state index is 12.4. The third-order valence-corrected chi connectivity index (χ3v) is 3.11. The van der Waals surface area contributed by atoms with Crippen LogP contribution < -0.4 is 0 Å². The van der Waals surface area contributed by atoms with Gasteiger partial charge in [-0.15, -0.1) is 0 Å². The number of hydrogen-bond acceptors (Lipinski definition) is 5. The summed E-state index contributed by atoms with van der Waals surface area (Å²) in [6.07, 6.45) is -0.252. The minimum atomic E-state index is -0.625. The Kier molecular flexibility index (Phi) is 3.89. The molecule has 0 bridgehead atoms. The van der Waals surface area contributed by atoms with Crippen LogP contribution in [0, 0.1) is 10.1 Å². The summed E-state index contributed by atoms with van der Waals surface area (Å²) < 4.78 is 5.53. The highest BCUT2D eigenvalue weighted by molar-refractivity contribution is 5.98. The highest BCUT2D eigenvalue weighted by Crippen LogP contribution is 2.25. The van der Waals surface area contributed by atoms with Gasteiger partial charge in [-0.3, -0.25) is 14.9 Å². The molecule has 0 spiro atoms. The zero-order chi connectivity index (χ0) is 14.9. The number of carbonyl (C=O) groups excluding carboxylic acids is 1. The number of phenols is 1. The fraction of sp³-hybridized carbons (Fsp3) is 0.462. The smallest absolute Gasteiger partial charge is 0.282 e. The summed E-state index contributed by atoms with van der Waals surface area (Å²) in [5.41, 5.74) is -0.407. The van der Waals surface area contributed by atoms with Gasteiger partial charge in [0.25, 0.3) is 11.6 Å². The summed E-state index contributed by atoms with van der Waals surface area (Å²) in [5, 5.41) is 20.4. The van der Waals surface area contributed by atoms with E-state index in [1.165, 1.54) is 11.0 Å². The van der Waals surface area contributed by atoms with Crippen LogP contribution in [-0.2, 0) is 4.74 Å². The minimum Gasteiger partial charge on any atom is -0.508 e. The maximum absolute atomic E-state index is 12.4. The molecule has 1 aliphatic rings. The van der Waals surface area contributed by atoms with E-state index in [1.807, 2.05) is 13.8 Å². The van der Waals surface area contributed by atoms with Gasteiger partial charge in [-0.1, -0.05) is 0 Å². The topological polar surface area (TPSA) is 92.9 Å². The van der Waals surface area contributed by atoms with Crippen molar-refractivity contribution in [2.45, 2.75) is 26.1 Å². The number of nitro benzene ring substituents is 1. The molecule has 2 unspecified atom stereocenters. The quantitative estimate of drug-likeness (QED) is 0.655. The van der Waals surface area contributed by atoms with Crippen LogP contribution in [0.5, 0.6) is 5.75 Å². The molecule has 0 aliphatic carbocycles. The number of hydrogen-bond donors (Lipinski definition) is 1. The zero-order valence-electron chi connectivity index (χ0n) is 11.3. The molecule has 2 atom stereocenters. The second kappa shape index (κ2) is 5.46. The van der Waals surface area contributed by atoms with Crippen LogP contribution in [0.25, 0.3) is 0 Å². The van der Waals surface area contributed by atoms with Gasteiger partial charge >= 0.3 is 0 Å². The van der Waals surface area contributed by atoms with Crippen LogP contribution in [0.3, 0.4) is 0 Å². The van der Waals surface area contributed by atoms with Gasteiger partial charge < -0.3 is 14.7 Å². The van der Waals surface area contributed by atoms with E-state index in [-0.39, 0.29) is 29.2 Å². The molecule has 1 fully saturated rings. The molecule has 0 radical (unpaired) electrons. The Morgan fingerprint density at radius 3 is 2.55 bits per heavy atom. The lowest BCUT2D eigenvalue weighted by atomic mass is 10.1. The Bertz CT molecular complexity index is 536. The first-order valence-corrected chi connectivity index (χ1v) is 6.30. The minimum absolute atomic E-state index is 0.101. The van der Waals surface area contributed by atoms with Crippen molar-refractivity contribution in [2.24, 2.45) is 0 Å². The molecule has 1 heterocycles. The van der Waals surface area contributed by atoms with E-state index in [9.17, 15) is 20.0 Å². The molecule has 1 N–H and O–H groups in total. The SMILES string of the molecule is CC1CN(C(=O)c2cc(O)ccc2[N+](=O)[O-])CC(C)O1. The molecule has 1 aliphatic heterocycles. The average molecular weight is 280 g/mol. The van der Waals surface area contributed by atoms with Crippen LogP contribution in [0.1, 0.15) is 24.2 Å². The largest absolute Gasteiger partial charge is 0.508 e. The number of carbonyl (C=O) groups is 1. The monoisotopic (exact) mass is 280 g/mol. The van der Waals surface area contributed by atoms with E-state index < -0.39 is 10.8 Å². The summed E-state index contributed by atoms with van der Waals surface area (Å²) in [5.74, 6) is -0.636. The normalized spacial score (nSPS) is 22.6. The van der Waals surface area contributed by atoms with Crippen LogP contribution in [-0.4, -0.2) is 46.1 Å². The molecule has 20 heavy (non-hydrogen) atoms. The standard InChI is InChI=1S/C13H16N2O5/c1-8-6-14(7-9(2)20-8)13(17)11-5-10(16)3-4-12(11)15(18)19/h3-5,8-9,16H,6-7H2,1-2H3. The molecule has 1 saturated heterocycles. The molecule has 7 heteroatoms. The second-order valence-corrected chi connectivity index (χ2v) is 4.93. The Balaban J connectivity index is 2.33. The first kappa shape index (κ1) is 14.3. The average Bonchev–Trinajstić information content (AvgIpc) is 2.36. The van der Waals surface area contributed by atoms with Crippen molar-refractivity contribution < 1.29 is 19.6 Å². The molecule has 1 amide bonds. The number of aromatic hydroxyl groups is 1. The van der Waals surface area contributed by atoms with Gasteiger partial charge in [-0.25, -0.2) is 0 Å². The summed E-state index contributed by atoms with van der Waals surface area (Å²) in [4.78, 5) is 24.3. The lowest BCUT2D eigenvalue weighted by Gasteiger charge is -2.35. The predicted octanol–water partition coefficient (Wildman–Crippen LogP) is 1.55. The van der Waals surface area contributed by atoms with Crippen molar-refractivity contribution >= 4 is 11.6 Å². The van der Waals surface area contributed by atoms with E-state index in [0.29, 0.717) is 13.1 Å². The molecule has 108 valence electrons. The van der Waals surface area contributed by atoms with Gasteiger partial charge in [-0.05, 0) is 26.0 Å². The zero-order valence-corrected chi connectivity index (χ0v) is 11.3. The Morgan fingerprint density at radius 2 is 2.00 bits per heavy atom. The summed E-state index contributed by atoms with van der Waals surface area (Å²) in [6, 6.07) is 3.46. The third-order valence-electron chi connectivity index (χ3n) is 3.11.